The fraction of sp³-hybridized carbons (Fsp3) is 0.0833. The lowest BCUT2D eigenvalue weighted by molar-refractivity contribution is 0.318. The van der Waals surface area contributed by atoms with Gasteiger partial charge in [-0.15, -0.1) is 0 Å². The molecule has 0 atom stereocenters. The van der Waals surface area contributed by atoms with Crippen molar-refractivity contribution in [1.29, 1.82) is 0 Å². The van der Waals surface area contributed by atoms with Crippen molar-refractivity contribution >= 4 is 17.5 Å². The molecule has 1 aromatic heterocycles. The van der Waals surface area contributed by atoms with E-state index >= 15 is 0 Å². The van der Waals surface area contributed by atoms with E-state index in [1.807, 2.05) is 6.07 Å². The number of oxime groups is 1. The van der Waals surface area contributed by atoms with Gasteiger partial charge in [0, 0.05) is 6.42 Å². The Hall–Kier alpha value is -2.83. The minimum Gasteiger partial charge on any atom is -0.411 e. The summed E-state index contributed by atoms with van der Waals surface area (Å²) in [6.07, 6.45) is 0.0644. The Labute approximate surface area is 108 Å². The van der Waals surface area contributed by atoms with Gasteiger partial charge in [-0.25, -0.2) is 0 Å². The zero-order valence-electron chi connectivity index (χ0n) is 10.00. The molecule has 1 aromatic carbocycles. The molecule has 0 bridgehead atoms. The minimum absolute atomic E-state index is 0.0262. The summed E-state index contributed by atoms with van der Waals surface area (Å²) in [7, 11) is 0. The molecule has 2 rings (SSSR count). The third kappa shape index (κ3) is 2.71. The van der Waals surface area contributed by atoms with Gasteiger partial charge in [0.15, 0.2) is 0 Å². The second-order valence-corrected chi connectivity index (χ2v) is 3.90. The maximum Gasteiger partial charge on any atom is 0.257 e. The first-order chi connectivity index (χ1) is 9.11. The molecule has 0 unspecified atom stereocenters. The molecule has 7 nitrogen and oxygen atoms in total. The SMILES string of the molecule is Nc1nc(N)c(C/C(=N/O)c2ccccc2)c(=O)[nH]1. The normalized spacial score (nSPS) is 11.5. The van der Waals surface area contributed by atoms with Crippen molar-refractivity contribution in [3.05, 3.63) is 51.8 Å². The lowest BCUT2D eigenvalue weighted by Gasteiger charge is -2.06. The summed E-state index contributed by atoms with van der Waals surface area (Å²) in [5, 5.41) is 12.3. The van der Waals surface area contributed by atoms with Crippen molar-refractivity contribution in [2.45, 2.75) is 6.42 Å². The monoisotopic (exact) mass is 259 g/mol. The number of nitrogen functional groups attached to an aromatic ring is 2. The molecule has 0 aliphatic rings. The van der Waals surface area contributed by atoms with Crippen LogP contribution in [0.5, 0.6) is 0 Å². The zero-order chi connectivity index (χ0) is 13.8. The Kier molecular flexibility index (Phi) is 3.46. The van der Waals surface area contributed by atoms with Gasteiger partial charge in [0.1, 0.15) is 5.82 Å². The number of aromatic nitrogens is 2. The number of hydrogen-bond donors (Lipinski definition) is 4. The number of aromatic amines is 1. The summed E-state index contributed by atoms with van der Waals surface area (Å²) in [5.41, 5.74) is 11.8. The summed E-state index contributed by atoms with van der Waals surface area (Å²) in [6.45, 7) is 0. The van der Waals surface area contributed by atoms with E-state index in [0.29, 0.717) is 11.3 Å². The fourth-order valence-corrected chi connectivity index (χ4v) is 1.70. The second kappa shape index (κ2) is 5.21. The maximum atomic E-state index is 11.8. The van der Waals surface area contributed by atoms with Crippen molar-refractivity contribution in [2.24, 2.45) is 5.16 Å². The molecule has 0 amide bonds. The molecule has 0 fully saturated rings. The predicted molar refractivity (Wildman–Crippen MR) is 72.2 cm³/mol. The van der Waals surface area contributed by atoms with Gasteiger partial charge in [-0.3, -0.25) is 9.78 Å². The van der Waals surface area contributed by atoms with E-state index in [1.54, 1.807) is 24.3 Å². The van der Waals surface area contributed by atoms with E-state index in [4.69, 9.17) is 16.7 Å². The number of nitrogens with two attached hydrogens (primary N) is 2. The lowest BCUT2D eigenvalue weighted by Crippen LogP contribution is -2.22. The molecule has 1 heterocycles. The first-order valence-electron chi connectivity index (χ1n) is 5.52. The lowest BCUT2D eigenvalue weighted by atomic mass is 10.0. The van der Waals surface area contributed by atoms with Crippen LogP contribution in [-0.4, -0.2) is 20.9 Å². The Morgan fingerprint density at radius 1 is 1.32 bits per heavy atom. The van der Waals surface area contributed by atoms with Gasteiger partial charge in [-0.05, 0) is 5.56 Å². The Morgan fingerprint density at radius 2 is 2.00 bits per heavy atom. The van der Waals surface area contributed by atoms with E-state index in [0.717, 1.165) is 0 Å². The molecule has 0 radical (unpaired) electrons. The third-order valence-corrected chi connectivity index (χ3v) is 2.64. The molecule has 7 heteroatoms. The summed E-state index contributed by atoms with van der Waals surface area (Å²) >= 11 is 0. The summed E-state index contributed by atoms with van der Waals surface area (Å²) in [5.74, 6) is -0.0215. The smallest absolute Gasteiger partial charge is 0.257 e. The van der Waals surface area contributed by atoms with Crippen LogP contribution in [0.1, 0.15) is 11.1 Å². The maximum absolute atomic E-state index is 11.8. The molecule has 98 valence electrons. The first-order valence-corrected chi connectivity index (χ1v) is 5.52. The van der Waals surface area contributed by atoms with Crippen LogP contribution in [-0.2, 0) is 6.42 Å². The van der Waals surface area contributed by atoms with Crippen molar-refractivity contribution in [2.75, 3.05) is 11.5 Å². The fourth-order valence-electron chi connectivity index (χ4n) is 1.70. The van der Waals surface area contributed by atoms with E-state index in [1.165, 1.54) is 0 Å². The number of nitrogens with zero attached hydrogens (tertiary/aromatic N) is 2. The zero-order valence-corrected chi connectivity index (χ0v) is 10.00. The van der Waals surface area contributed by atoms with E-state index in [9.17, 15) is 4.79 Å². The first kappa shape index (κ1) is 12.6. The molecule has 2 aromatic rings. The van der Waals surface area contributed by atoms with Crippen LogP contribution in [0.2, 0.25) is 0 Å². The molecule has 0 aliphatic heterocycles. The van der Waals surface area contributed by atoms with E-state index < -0.39 is 5.56 Å². The van der Waals surface area contributed by atoms with Crippen molar-refractivity contribution in [3.63, 3.8) is 0 Å². The van der Waals surface area contributed by atoms with Crippen LogP contribution < -0.4 is 17.0 Å². The highest BCUT2D eigenvalue weighted by molar-refractivity contribution is 6.01. The van der Waals surface area contributed by atoms with Crippen LogP contribution in [0.3, 0.4) is 0 Å². The van der Waals surface area contributed by atoms with Gasteiger partial charge >= 0.3 is 0 Å². The molecule has 6 N–H and O–H groups in total. The summed E-state index contributed by atoms with van der Waals surface area (Å²) in [6, 6.07) is 8.98. The van der Waals surface area contributed by atoms with Gasteiger partial charge < -0.3 is 16.7 Å². The quantitative estimate of drug-likeness (QED) is 0.359. The number of rotatable bonds is 3. The Balaban J connectivity index is 2.38. The number of nitrogens with one attached hydrogen (secondary N) is 1. The molecule has 19 heavy (non-hydrogen) atoms. The minimum atomic E-state index is -0.443. The summed E-state index contributed by atoms with van der Waals surface area (Å²) < 4.78 is 0. The highest BCUT2D eigenvalue weighted by Crippen LogP contribution is 2.10. The van der Waals surface area contributed by atoms with Crippen LogP contribution in [0.25, 0.3) is 0 Å². The van der Waals surface area contributed by atoms with Crippen LogP contribution in [0, 0.1) is 0 Å². The Bertz CT molecular complexity index is 664. The van der Waals surface area contributed by atoms with Gasteiger partial charge in [0.2, 0.25) is 5.95 Å². The molecular formula is C12H13N5O2. The highest BCUT2D eigenvalue weighted by atomic mass is 16.4. The van der Waals surface area contributed by atoms with Gasteiger partial charge in [0.05, 0.1) is 11.3 Å². The van der Waals surface area contributed by atoms with Gasteiger partial charge in [-0.2, -0.15) is 4.98 Å². The highest BCUT2D eigenvalue weighted by Gasteiger charge is 2.13. The van der Waals surface area contributed by atoms with E-state index in [2.05, 4.69) is 15.1 Å². The number of hydrogen-bond acceptors (Lipinski definition) is 6. The number of benzene rings is 1. The van der Waals surface area contributed by atoms with Crippen LogP contribution >= 0.6 is 0 Å². The predicted octanol–water partition coefficient (Wildman–Crippen LogP) is 0.355. The summed E-state index contributed by atoms with van der Waals surface area (Å²) in [4.78, 5) is 17.9. The molecular weight excluding hydrogens is 246 g/mol. The van der Waals surface area contributed by atoms with E-state index in [-0.39, 0.29) is 23.8 Å². The standard InChI is InChI=1S/C12H13N5O2/c13-10-8(11(18)16-12(14)15-10)6-9(17-19)7-4-2-1-3-5-7/h1-5,19H,6H2,(H5,13,14,15,16,18)/b17-9-. The molecule has 0 aliphatic carbocycles. The van der Waals surface area contributed by atoms with Gasteiger partial charge in [-0.1, -0.05) is 35.5 Å². The van der Waals surface area contributed by atoms with Crippen molar-refractivity contribution < 1.29 is 5.21 Å². The molecule has 0 saturated heterocycles. The van der Waals surface area contributed by atoms with Gasteiger partial charge in [0.25, 0.3) is 5.56 Å². The van der Waals surface area contributed by atoms with Crippen LogP contribution in [0.15, 0.2) is 40.3 Å². The molecule has 0 saturated carbocycles. The number of anilines is 2. The average Bonchev–Trinajstić information content (AvgIpc) is 2.39. The van der Waals surface area contributed by atoms with Crippen molar-refractivity contribution in [3.8, 4) is 0 Å². The van der Waals surface area contributed by atoms with Crippen molar-refractivity contribution in [1.82, 2.24) is 9.97 Å². The van der Waals surface area contributed by atoms with Crippen LogP contribution in [0.4, 0.5) is 11.8 Å². The largest absolute Gasteiger partial charge is 0.411 e. The third-order valence-electron chi connectivity index (χ3n) is 2.64. The Morgan fingerprint density at radius 3 is 2.58 bits per heavy atom. The second-order valence-electron chi connectivity index (χ2n) is 3.90. The average molecular weight is 259 g/mol. The number of H-pyrrole nitrogens is 1. The topological polar surface area (TPSA) is 130 Å². The molecule has 0 spiro atoms.